The minimum atomic E-state index is 0.508. The largest absolute Gasteiger partial charge is 0.490 e. The Morgan fingerprint density at radius 2 is 1.85 bits per heavy atom. The van der Waals surface area contributed by atoms with Crippen molar-refractivity contribution in [3.05, 3.63) is 53.6 Å². The van der Waals surface area contributed by atoms with Gasteiger partial charge in [0.15, 0.2) is 11.5 Å². The van der Waals surface area contributed by atoms with Gasteiger partial charge in [-0.2, -0.15) is 5.26 Å². The van der Waals surface area contributed by atoms with Gasteiger partial charge in [0.05, 0.1) is 12.2 Å². The van der Waals surface area contributed by atoms with Gasteiger partial charge in [0.1, 0.15) is 11.8 Å². The first-order chi connectivity index (χ1) is 9.78. The van der Waals surface area contributed by atoms with Crippen molar-refractivity contribution in [2.75, 3.05) is 6.61 Å². The number of ether oxygens (including phenoxy) is 2. The number of hydrogen-bond donors (Lipinski definition) is 0. The van der Waals surface area contributed by atoms with Crippen LogP contribution in [0.1, 0.15) is 18.1 Å². The second-order valence-electron chi connectivity index (χ2n) is 4.06. The Bertz CT molecular complexity index is 635. The van der Waals surface area contributed by atoms with Crippen molar-refractivity contribution in [3.8, 4) is 23.3 Å². The SMILES string of the molecule is CCOc1ccccc1Oc1ccc(CBr)cc1C#N. The van der Waals surface area contributed by atoms with Gasteiger partial charge in [0.25, 0.3) is 0 Å². The first-order valence-corrected chi connectivity index (χ1v) is 7.39. The molecule has 0 saturated heterocycles. The van der Waals surface area contributed by atoms with Crippen LogP contribution in [-0.2, 0) is 5.33 Å². The number of para-hydroxylation sites is 2. The molecule has 0 amide bonds. The van der Waals surface area contributed by atoms with E-state index >= 15 is 0 Å². The molecular weight excluding hydrogens is 318 g/mol. The van der Waals surface area contributed by atoms with E-state index < -0.39 is 0 Å². The number of nitrogens with zero attached hydrogens (tertiary/aromatic N) is 1. The summed E-state index contributed by atoms with van der Waals surface area (Å²) >= 11 is 3.37. The lowest BCUT2D eigenvalue weighted by Gasteiger charge is -2.12. The Hall–Kier alpha value is -1.99. The molecule has 0 spiro atoms. The van der Waals surface area contributed by atoms with Gasteiger partial charge < -0.3 is 9.47 Å². The van der Waals surface area contributed by atoms with E-state index in [0.717, 1.165) is 5.56 Å². The molecular formula is C16H14BrNO2. The summed E-state index contributed by atoms with van der Waals surface area (Å²) in [4.78, 5) is 0. The van der Waals surface area contributed by atoms with Crippen LogP contribution in [0.5, 0.6) is 17.2 Å². The van der Waals surface area contributed by atoms with Crippen molar-refractivity contribution < 1.29 is 9.47 Å². The third-order valence-corrected chi connectivity index (χ3v) is 3.34. The molecule has 0 atom stereocenters. The van der Waals surface area contributed by atoms with Crippen LogP contribution < -0.4 is 9.47 Å². The highest BCUT2D eigenvalue weighted by Crippen LogP contribution is 2.33. The molecule has 0 unspecified atom stereocenters. The third kappa shape index (κ3) is 3.31. The molecule has 0 aromatic heterocycles. The fourth-order valence-corrected chi connectivity index (χ4v) is 2.11. The van der Waals surface area contributed by atoms with Gasteiger partial charge in [0, 0.05) is 5.33 Å². The first-order valence-electron chi connectivity index (χ1n) is 6.27. The Kier molecular flexibility index (Phi) is 5.03. The zero-order valence-electron chi connectivity index (χ0n) is 11.1. The van der Waals surface area contributed by atoms with Crippen LogP contribution in [0, 0.1) is 11.3 Å². The fraction of sp³-hybridized carbons (Fsp3) is 0.188. The van der Waals surface area contributed by atoms with Gasteiger partial charge in [-0.15, -0.1) is 0 Å². The number of rotatable bonds is 5. The van der Waals surface area contributed by atoms with Gasteiger partial charge in [-0.3, -0.25) is 0 Å². The summed E-state index contributed by atoms with van der Waals surface area (Å²) in [5.41, 5.74) is 1.54. The summed E-state index contributed by atoms with van der Waals surface area (Å²) in [5, 5.41) is 9.92. The number of alkyl halides is 1. The van der Waals surface area contributed by atoms with Gasteiger partial charge in [0.2, 0.25) is 0 Å². The van der Waals surface area contributed by atoms with Crippen molar-refractivity contribution in [1.29, 1.82) is 5.26 Å². The lowest BCUT2D eigenvalue weighted by atomic mass is 10.1. The predicted octanol–water partition coefficient (Wildman–Crippen LogP) is 4.64. The van der Waals surface area contributed by atoms with Crippen LogP contribution in [-0.4, -0.2) is 6.61 Å². The molecule has 0 fully saturated rings. The molecule has 102 valence electrons. The van der Waals surface area contributed by atoms with Crippen molar-refractivity contribution in [3.63, 3.8) is 0 Å². The fourth-order valence-electron chi connectivity index (χ4n) is 1.76. The average Bonchev–Trinajstić information content (AvgIpc) is 2.50. The van der Waals surface area contributed by atoms with Crippen LogP contribution in [0.3, 0.4) is 0 Å². The minimum Gasteiger partial charge on any atom is -0.490 e. The van der Waals surface area contributed by atoms with Gasteiger partial charge in [-0.25, -0.2) is 0 Å². The summed E-state index contributed by atoms with van der Waals surface area (Å²) < 4.78 is 11.3. The van der Waals surface area contributed by atoms with E-state index in [2.05, 4.69) is 22.0 Å². The maximum Gasteiger partial charge on any atom is 0.169 e. The van der Waals surface area contributed by atoms with Crippen LogP contribution in [0.15, 0.2) is 42.5 Å². The monoisotopic (exact) mass is 331 g/mol. The molecule has 0 saturated carbocycles. The zero-order valence-corrected chi connectivity index (χ0v) is 12.7. The lowest BCUT2D eigenvalue weighted by molar-refractivity contribution is 0.321. The lowest BCUT2D eigenvalue weighted by Crippen LogP contribution is -1.96. The van der Waals surface area contributed by atoms with Crippen LogP contribution in [0.4, 0.5) is 0 Å². The second-order valence-corrected chi connectivity index (χ2v) is 4.62. The van der Waals surface area contributed by atoms with Crippen molar-refractivity contribution in [2.45, 2.75) is 12.3 Å². The number of benzene rings is 2. The van der Waals surface area contributed by atoms with E-state index in [1.165, 1.54) is 0 Å². The minimum absolute atomic E-state index is 0.508. The van der Waals surface area contributed by atoms with Crippen LogP contribution in [0.2, 0.25) is 0 Å². The molecule has 0 aliphatic rings. The number of halogens is 1. The molecule has 0 aliphatic carbocycles. The van der Waals surface area contributed by atoms with E-state index in [4.69, 9.17) is 9.47 Å². The van der Waals surface area contributed by atoms with Crippen molar-refractivity contribution in [1.82, 2.24) is 0 Å². The quantitative estimate of drug-likeness (QED) is 0.749. The molecule has 2 rings (SSSR count). The standard InChI is InChI=1S/C16H14BrNO2/c1-2-19-15-5-3-4-6-16(15)20-14-8-7-12(10-17)9-13(14)11-18/h3-9H,2,10H2,1H3. The molecule has 3 nitrogen and oxygen atoms in total. The smallest absolute Gasteiger partial charge is 0.169 e. The van der Waals surface area contributed by atoms with E-state index in [0.29, 0.717) is 34.7 Å². The van der Waals surface area contributed by atoms with E-state index in [1.807, 2.05) is 43.3 Å². The molecule has 0 heterocycles. The summed E-state index contributed by atoms with van der Waals surface area (Å²) in [7, 11) is 0. The maximum absolute atomic E-state index is 9.21. The first kappa shape index (κ1) is 14.4. The highest BCUT2D eigenvalue weighted by atomic mass is 79.9. The highest BCUT2D eigenvalue weighted by Gasteiger charge is 2.09. The third-order valence-electron chi connectivity index (χ3n) is 2.69. The number of nitriles is 1. The summed E-state index contributed by atoms with van der Waals surface area (Å²) in [5.74, 6) is 1.81. The second kappa shape index (κ2) is 6.97. The molecule has 0 bridgehead atoms. The Labute approximate surface area is 126 Å². The van der Waals surface area contributed by atoms with Crippen molar-refractivity contribution >= 4 is 15.9 Å². The molecule has 0 aliphatic heterocycles. The van der Waals surface area contributed by atoms with Crippen molar-refractivity contribution in [2.24, 2.45) is 0 Å². The van der Waals surface area contributed by atoms with E-state index in [-0.39, 0.29) is 0 Å². The van der Waals surface area contributed by atoms with E-state index in [9.17, 15) is 5.26 Å². The van der Waals surface area contributed by atoms with Crippen LogP contribution in [0.25, 0.3) is 0 Å². The Morgan fingerprint density at radius 3 is 2.50 bits per heavy atom. The Balaban J connectivity index is 2.33. The van der Waals surface area contributed by atoms with Gasteiger partial charge in [-0.05, 0) is 36.8 Å². The number of hydrogen-bond acceptors (Lipinski definition) is 3. The molecule has 0 radical (unpaired) electrons. The summed E-state index contributed by atoms with van der Waals surface area (Å²) in [6, 6.07) is 15.1. The molecule has 2 aromatic carbocycles. The molecule has 20 heavy (non-hydrogen) atoms. The van der Waals surface area contributed by atoms with E-state index in [1.54, 1.807) is 6.07 Å². The summed E-state index contributed by atoms with van der Waals surface area (Å²) in [6.07, 6.45) is 0. The predicted molar refractivity (Wildman–Crippen MR) is 81.5 cm³/mol. The molecule has 0 N–H and O–H groups in total. The van der Waals surface area contributed by atoms with Gasteiger partial charge in [-0.1, -0.05) is 34.1 Å². The normalized spacial score (nSPS) is 9.85. The average molecular weight is 332 g/mol. The molecule has 2 aromatic rings. The van der Waals surface area contributed by atoms with Crippen LogP contribution >= 0.6 is 15.9 Å². The zero-order chi connectivity index (χ0) is 14.4. The highest BCUT2D eigenvalue weighted by molar-refractivity contribution is 9.08. The maximum atomic E-state index is 9.21. The topological polar surface area (TPSA) is 42.2 Å². The summed E-state index contributed by atoms with van der Waals surface area (Å²) in [6.45, 7) is 2.48. The van der Waals surface area contributed by atoms with Gasteiger partial charge >= 0.3 is 0 Å². The molecule has 4 heteroatoms. The Morgan fingerprint density at radius 1 is 1.10 bits per heavy atom.